The highest BCUT2D eigenvalue weighted by Gasteiger charge is 2.24. The van der Waals surface area contributed by atoms with Gasteiger partial charge in [0.25, 0.3) is 5.91 Å². The van der Waals surface area contributed by atoms with Crippen LogP contribution in [0, 0.1) is 17.2 Å². The first-order valence-electron chi connectivity index (χ1n) is 9.59. The summed E-state index contributed by atoms with van der Waals surface area (Å²) in [4.78, 5) is 23.4. The second-order valence-corrected chi connectivity index (χ2v) is 7.81. The van der Waals surface area contributed by atoms with Gasteiger partial charge in [-0.05, 0) is 65.4 Å². The molecular weight excluding hydrogens is 440 g/mol. The van der Waals surface area contributed by atoms with Crippen LogP contribution in [0.5, 0.6) is 11.5 Å². The number of benzene rings is 1. The first-order valence-corrected chi connectivity index (χ1v) is 10.4. The van der Waals surface area contributed by atoms with E-state index in [-0.39, 0.29) is 17.4 Å². The van der Waals surface area contributed by atoms with Crippen molar-refractivity contribution in [3.8, 4) is 17.6 Å². The van der Waals surface area contributed by atoms with Gasteiger partial charge in [0.1, 0.15) is 11.6 Å². The van der Waals surface area contributed by atoms with Crippen LogP contribution in [0.25, 0.3) is 6.08 Å². The van der Waals surface area contributed by atoms with E-state index in [1.165, 1.54) is 12.5 Å². The van der Waals surface area contributed by atoms with Crippen molar-refractivity contribution in [1.82, 2.24) is 5.32 Å². The molecule has 0 heterocycles. The van der Waals surface area contributed by atoms with Crippen LogP contribution in [0.3, 0.4) is 0 Å². The summed E-state index contributed by atoms with van der Waals surface area (Å²) in [5.41, 5.74) is 0.558. The van der Waals surface area contributed by atoms with E-state index in [1.807, 2.05) is 6.07 Å². The molecule has 1 saturated carbocycles. The Labute approximate surface area is 178 Å². The van der Waals surface area contributed by atoms with Crippen molar-refractivity contribution in [2.24, 2.45) is 5.92 Å². The number of nitrogens with zero attached hydrogens (tertiary/aromatic N) is 1. The van der Waals surface area contributed by atoms with Gasteiger partial charge in [0.05, 0.1) is 11.1 Å². The van der Waals surface area contributed by atoms with Gasteiger partial charge in [-0.15, -0.1) is 0 Å². The standard InChI is InChI=1S/C21H25BrN2O5/c1-3-28-18-10-14(9-16(22)20(18)29-12-19(25)26)8-15(11-23)21(27)24-17-7-5-4-6-13(17)2/h8-10,13,17H,3-7,12H2,1-2H3,(H,24,27)(H,25,26)/b15-8+/t13-,17+/m0/s1. The van der Waals surface area contributed by atoms with Crippen molar-refractivity contribution in [1.29, 1.82) is 5.26 Å². The maximum Gasteiger partial charge on any atom is 0.341 e. The molecule has 29 heavy (non-hydrogen) atoms. The van der Waals surface area contributed by atoms with Gasteiger partial charge in [-0.3, -0.25) is 4.79 Å². The molecule has 2 rings (SSSR count). The van der Waals surface area contributed by atoms with E-state index in [1.54, 1.807) is 19.1 Å². The van der Waals surface area contributed by atoms with Gasteiger partial charge < -0.3 is 19.9 Å². The van der Waals surface area contributed by atoms with Gasteiger partial charge in [0.2, 0.25) is 0 Å². The van der Waals surface area contributed by atoms with Crippen molar-refractivity contribution < 1.29 is 24.2 Å². The van der Waals surface area contributed by atoms with E-state index in [0.29, 0.717) is 28.3 Å². The Balaban J connectivity index is 2.26. The van der Waals surface area contributed by atoms with Crippen molar-refractivity contribution in [2.75, 3.05) is 13.2 Å². The Morgan fingerprint density at radius 3 is 2.69 bits per heavy atom. The average molecular weight is 465 g/mol. The third-order valence-corrected chi connectivity index (χ3v) is 5.36. The minimum atomic E-state index is -1.11. The molecule has 7 nitrogen and oxygen atoms in total. The largest absolute Gasteiger partial charge is 0.490 e. The predicted octanol–water partition coefficient (Wildman–Crippen LogP) is 3.91. The number of hydrogen-bond acceptors (Lipinski definition) is 5. The predicted molar refractivity (Wildman–Crippen MR) is 112 cm³/mol. The summed E-state index contributed by atoms with van der Waals surface area (Å²) < 4.78 is 11.3. The molecule has 8 heteroatoms. The van der Waals surface area contributed by atoms with Crippen molar-refractivity contribution in [3.63, 3.8) is 0 Å². The molecule has 0 aromatic heterocycles. The first kappa shape index (κ1) is 22.8. The van der Waals surface area contributed by atoms with E-state index in [2.05, 4.69) is 28.2 Å². The van der Waals surface area contributed by atoms with Gasteiger partial charge in [0, 0.05) is 6.04 Å². The third-order valence-electron chi connectivity index (χ3n) is 4.78. The minimum Gasteiger partial charge on any atom is -0.490 e. The molecule has 0 saturated heterocycles. The number of aliphatic carboxylic acids is 1. The smallest absolute Gasteiger partial charge is 0.341 e. The van der Waals surface area contributed by atoms with Gasteiger partial charge in [-0.1, -0.05) is 19.8 Å². The number of ether oxygens (including phenoxy) is 2. The number of rotatable bonds is 8. The summed E-state index contributed by atoms with van der Waals surface area (Å²) in [6.07, 6.45) is 5.71. The number of carboxylic acid groups (broad SMARTS) is 1. The van der Waals surface area contributed by atoms with Gasteiger partial charge in [0.15, 0.2) is 18.1 Å². The topological polar surface area (TPSA) is 109 Å². The lowest BCUT2D eigenvalue weighted by molar-refractivity contribution is -0.139. The third kappa shape index (κ3) is 6.50. The second kappa shape index (κ2) is 10.9. The molecule has 1 aliphatic rings. The lowest BCUT2D eigenvalue weighted by atomic mass is 9.86. The quantitative estimate of drug-likeness (QED) is 0.445. The summed E-state index contributed by atoms with van der Waals surface area (Å²) in [6.45, 7) is 3.73. The van der Waals surface area contributed by atoms with Gasteiger partial charge in [-0.2, -0.15) is 5.26 Å². The molecule has 156 valence electrons. The SMILES string of the molecule is CCOc1cc(/C=C(\C#N)C(=O)N[C@@H]2CCCC[C@@H]2C)cc(Br)c1OCC(=O)O. The number of nitriles is 1. The highest BCUT2D eigenvalue weighted by molar-refractivity contribution is 9.10. The maximum absolute atomic E-state index is 12.6. The molecule has 2 N–H and O–H groups in total. The number of nitrogens with one attached hydrogen (secondary N) is 1. The Morgan fingerprint density at radius 1 is 1.34 bits per heavy atom. The normalized spacial score (nSPS) is 19.2. The Kier molecular flexibility index (Phi) is 8.52. The van der Waals surface area contributed by atoms with Crippen LogP contribution in [0.4, 0.5) is 0 Å². The van der Waals surface area contributed by atoms with E-state index >= 15 is 0 Å². The summed E-state index contributed by atoms with van der Waals surface area (Å²) in [6, 6.07) is 5.30. The van der Waals surface area contributed by atoms with Crippen LogP contribution in [0.1, 0.15) is 45.1 Å². The molecule has 1 aromatic carbocycles. The van der Waals surface area contributed by atoms with Crippen molar-refractivity contribution in [2.45, 2.75) is 45.6 Å². The zero-order chi connectivity index (χ0) is 21.4. The Bertz CT molecular complexity index is 831. The number of halogens is 1. The molecular formula is C21H25BrN2O5. The highest BCUT2D eigenvalue weighted by atomic mass is 79.9. The van der Waals surface area contributed by atoms with Crippen LogP contribution < -0.4 is 14.8 Å². The molecule has 0 aliphatic heterocycles. The van der Waals surface area contributed by atoms with Crippen LogP contribution in [0.15, 0.2) is 22.2 Å². The number of carboxylic acids is 1. The molecule has 2 atom stereocenters. The number of hydrogen-bond donors (Lipinski definition) is 2. The van der Waals surface area contributed by atoms with Gasteiger partial charge >= 0.3 is 5.97 Å². The zero-order valence-electron chi connectivity index (χ0n) is 16.5. The van der Waals surface area contributed by atoms with Crippen LogP contribution in [-0.4, -0.2) is 36.2 Å². The van der Waals surface area contributed by atoms with E-state index < -0.39 is 18.5 Å². The zero-order valence-corrected chi connectivity index (χ0v) is 18.1. The molecule has 0 unspecified atom stereocenters. The summed E-state index contributed by atoms with van der Waals surface area (Å²) in [7, 11) is 0. The fourth-order valence-electron chi connectivity index (χ4n) is 3.30. The first-order chi connectivity index (χ1) is 13.8. The second-order valence-electron chi connectivity index (χ2n) is 6.96. The summed E-state index contributed by atoms with van der Waals surface area (Å²) in [5, 5.41) is 21.3. The molecule has 1 aromatic rings. The van der Waals surface area contributed by atoms with Gasteiger partial charge in [-0.25, -0.2) is 4.79 Å². The fourth-order valence-corrected chi connectivity index (χ4v) is 3.87. The molecule has 1 fully saturated rings. The van der Waals surface area contributed by atoms with Crippen LogP contribution in [-0.2, 0) is 9.59 Å². The highest BCUT2D eigenvalue weighted by Crippen LogP contribution is 2.37. The van der Waals surface area contributed by atoms with Crippen LogP contribution in [0.2, 0.25) is 0 Å². The summed E-state index contributed by atoms with van der Waals surface area (Å²) >= 11 is 3.34. The number of carbonyl (C=O) groups is 2. The maximum atomic E-state index is 12.6. The molecule has 1 aliphatic carbocycles. The lowest BCUT2D eigenvalue weighted by Crippen LogP contribution is -2.41. The lowest BCUT2D eigenvalue weighted by Gasteiger charge is -2.29. The molecule has 0 spiro atoms. The van der Waals surface area contributed by atoms with Crippen LogP contribution >= 0.6 is 15.9 Å². The number of amides is 1. The van der Waals surface area contributed by atoms with Crippen molar-refractivity contribution >= 4 is 33.9 Å². The molecule has 0 bridgehead atoms. The average Bonchev–Trinajstić information content (AvgIpc) is 2.67. The fraction of sp³-hybridized carbons (Fsp3) is 0.476. The van der Waals surface area contributed by atoms with E-state index in [9.17, 15) is 14.9 Å². The monoisotopic (exact) mass is 464 g/mol. The van der Waals surface area contributed by atoms with E-state index in [0.717, 1.165) is 19.3 Å². The van der Waals surface area contributed by atoms with Crippen molar-refractivity contribution in [3.05, 3.63) is 27.7 Å². The number of carbonyl (C=O) groups excluding carboxylic acids is 1. The Hall–Kier alpha value is -2.53. The van der Waals surface area contributed by atoms with E-state index in [4.69, 9.17) is 14.6 Å². The summed E-state index contributed by atoms with van der Waals surface area (Å²) in [5.74, 6) is -0.536. The molecule has 0 radical (unpaired) electrons. The minimum absolute atomic E-state index is 0.00340. The molecule has 1 amide bonds. The Morgan fingerprint density at radius 2 is 2.07 bits per heavy atom.